The minimum absolute atomic E-state index is 0.303. The summed E-state index contributed by atoms with van der Waals surface area (Å²) >= 11 is 0. The number of amides is 1. The van der Waals surface area contributed by atoms with E-state index in [1.54, 1.807) is 20.8 Å². The predicted molar refractivity (Wildman–Crippen MR) is 81.4 cm³/mol. The van der Waals surface area contributed by atoms with E-state index in [0.717, 1.165) is 12.1 Å². The maximum atomic E-state index is 12.5. The summed E-state index contributed by atoms with van der Waals surface area (Å²) < 4.78 is 40.2. The van der Waals surface area contributed by atoms with Crippen LogP contribution >= 0.6 is 0 Å². The summed E-state index contributed by atoms with van der Waals surface area (Å²) in [6.45, 7) is 4.99. The molecule has 2 atom stereocenters. The zero-order valence-electron chi connectivity index (χ0n) is 14.1. The molecule has 0 unspecified atom stereocenters. The Bertz CT molecular complexity index is 669. The van der Waals surface area contributed by atoms with Crippen molar-refractivity contribution in [2.75, 3.05) is 5.32 Å². The number of carboxylic acids is 1. The fraction of sp³-hybridized carbons (Fsp3) is 0.529. The van der Waals surface area contributed by atoms with Gasteiger partial charge in [-0.3, -0.25) is 4.79 Å². The van der Waals surface area contributed by atoms with Crippen LogP contribution in [-0.4, -0.2) is 18.2 Å². The average Bonchev–Trinajstić information content (AvgIpc) is 2.71. The number of carbonyl (C=O) groups excluding carboxylic acids is 2. The molecule has 1 aliphatic carbocycles. The topological polar surface area (TPSA) is 78.5 Å². The van der Waals surface area contributed by atoms with Crippen molar-refractivity contribution in [1.29, 1.82) is 0 Å². The quantitative estimate of drug-likeness (QED) is 0.898. The van der Waals surface area contributed by atoms with Gasteiger partial charge < -0.3 is 20.0 Å². The Balaban J connectivity index is 2.09. The summed E-state index contributed by atoms with van der Waals surface area (Å²) in [5.74, 6) is -2.52. The van der Waals surface area contributed by atoms with Crippen LogP contribution in [0.1, 0.15) is 33.6 Å². The van der Waals surface area contributed by atoms with E-state index in [1.807, 2.05) is 0 Å². The first-order valence-electron chi connectivity index (χ1n) is 7.75. The lowest BCUT2D eigenvalue weighted by molar-refractivity contribution is -0.323. The van der Waals surface area contributed by atoms with Crippen molar-refractivity contribution in [3.05, 3.63) is 24.3 Å². The summed E-state index contributed by atoms with van der Waals surface area (Å²) in [5, 5.41) is 14.1. The molecule has 0 radical (unpaired) electrons. The molecule has 1 saturated carbocycles. The number of hydrogen-bond donors (Lipinski definition) is 1. The lowest BCUT2D eigenvalue weighted by Gasteiger charge is -2.41. The minimum atomic E-state index is -4.78. The van der Waals surface area contributed by atoms with Crippen molar-refractivity contribution >= 4 is 17.6 Å². The highest BCUT2D eigenvalue weighted by molar-refractivity contribution is 5.94. The zero-order valence-corrected chi connectivity index (χ0v) is 14.1. The molecule has 2 rings (SSSR count). The molecule has 1 aromatic carbocycles. The van der Waals surface area contributed by atoms with Gasteiger partial charge in [-0.1, -0.05) is 20.8 Å². The number of ether oxygens (including phenoxy) is 1. The molecule has 1 aromatic rings. The molecule has 0 spiro atoms. The molecular formula is C17H19F3NO4-. The van der Waals surface area contributed by atoms with Crippen molar-refractivity contribution in [1.82, 2.24) is 0 Å². The number of aliphatic carboxylic acids is 1. The smallest absolute Gasteiger partial charge is 0.550 e. The van der Waals surface area contributed by atoms with Crippen LogP contribution in [-0.2, 0) is 9.59 Å². The Morgan fingerprint density at radius 1 is 1.20 bits per heavy atom. The van der Waals surface area contributed by atoms with Crippen molar-refractivity contribution in [2.24, 2.45) is 16.7 Å². The fourth-order valence-electron chi connectivity index (χ4n) is 3.29. The van der Waals surface area contributed by atoms with E-state index in [0.29, 0.717) is 18.5 Å². The van der Waals surface area contributed by atoms with E-state index >= 15 is 0 Å². The molecule has 5 nitrogen and oxygen atoms in total. The van der Waals surface area contributed by atoms with E-state index in [-0.39, 0.29) is 5.91 Å². The molecule has 0 aliphatic heterocycles. The van der Waals surface area contributed by atoms with E-state index in [9.17, 15) is 27.9 Å². The van der Waals surface area contributed by atoms with Crippen molar-refractivity contribution in [3.63, 3.8) is 0 Å². The standard InChI is InChI=1S/C17H20F3NO4/c1-15(2)12(8-9-16(15,3)14(23)24)13(22)21-10-4-6-11(7-5-10)25-17(18,19)20/h4-7,12H,8-9H2,1-3H3,(H,21,22)(H,23,24)/p-1/t12-,16+/m1/s1. The van der Waals surface area contributed by atoms with E-state index in [1.165, 1.54) is 12.1 Å². The number of hydrogen-bond acceptors (Lipinski definition) is 4. The van der Waals surface area contributed by atoms with Crippen molar-refractivity contribution in [3.8, 4) is 5.75 Å². The third-order valence-corrected chi connectivity index (χ3v) is 5.35. The molecule has 1 aliphatic rings. The van der Waals surface area contributed by atoms with Crippen molar-refractivity contribution < 1.29 is 32.6 Å². The maximum Gasteiger partial charge on any atom is 0.573 e. The summed E-state index contributed by atoms with van der Waals surface area (Å²) in [7, 11) is 0. The Labute approximate surface area is 143 Å². The number of rotatable bonds is 4. The Morgan fingerprint density at radius 2 is 1.76 bits per heavy atom. The van der Waals surface area contributed by atoms with Gasteiger partial charge in [-0.2, -0.15) is 0 Å². The Morgan fingerprint density at radius 3 is 2.20 bits per heavy atom. The average molecular weight is 358 g/mol. The third kappa shape index (κ3) is 3.72. The van der Waals surface area contributed by atoms with Gasteiger partial charge in [0.2, 0.25) is 5.91 Å². The van der Waals surface area contributed by atoms with Crippen LogP contribution in [0.15, 0.2) is 24.3 Å². The van der Waals surface area contributed by atoms with Crippen molar-refractivity contribution in [2.45, 2.75) is 40.0 Å². The van der Waals surface area contributed by atoms with Crippen LogP contribution in [0.4, 0.5) is 18.9 Å². The van der Waals surface area contributed by atoms with Gasteiger partial charge in [-0.05, 0) is 42.5 Å². The Kier molecular flexibility index (Phi) is 4.76. The van der Waals surface area contributed by atoms with Gasteiger partial charge in [0.25, 0.3) is 0 Å². The summed E-state index contributed by atoms with van der Waals surface area (Å²) in [6, 6.07) is 4.76. The van der Waals surface area contributed by atoms with Crippen LogP contribution in [0.2, 0.25) is 0 Å². The lowest BCUT2D eigenvalue weighted by atomic mass is 9.65. The van der Waals surface area contributed by atoms with Gasteiger partial charge in [0, 0.05) is 23.0 Å². The summed E-state index contributed by atoms with van der Waals surface area (Å²) in [4.78, 5) is 24.0. The first-order chi connectivity index (χ1) is 11.4. The monoisotopic (exact) mass is 358 g/mol. The molecule has 138 valence electrons. The van der Waals surface area contributed by atoms with Gasteiger partial charge in [-0.25, -0.2) is 0 Å². The number of alkyl halides is 3. The maximum absolute atomic E-state index is 12.5. The zero-order chi connectivity index (χ0) is 19.0. The third-order valence-electron chi connectivity index (χ3n) is 5.35. The molecule has 0 bridgehead atoms. The normalized spacial score (nSPS) is 25.4. The first kappa shape index (κ1) is 19.1. The molecule has 8 heteroatoms. The summed E-state index contributed by atoms with van der Waals surface area (Å²) in [6.07, 6.45) is -4.08. The highest BCUT2D eigenvalue weighted by Crippen LogP contribution is 2.55. The molecular weight excluding hydrogens is 339 g/mol. The number of carbonyl (C=O) groups is 2. The van der Waals surface area contributed by atoms with Gasteiger partial charge in [0.05, 0.1) is 0 Å². The fourth-order valence-corrected chi connectivity index (χ4v) is 3.29. The number of benzene rings is 1. The second-order valence-corrected chi connectivity index (χ2v) is 6.99. The van der Waals surface area contributed by atoms with Gasteiger partial charge in [-0.15, -0.1) is 13.2 Å². The number of carboxylic acid groups (broad SMARTS) is 1. The van der Waals surface area contributed by atoms with Crippen LogP contribution < -0.4 is 15.2 Å². The van der Waals surface area contributed by atoms with E-state index in [2.05, 4.69) is 10.1 Å². The first-order valence-corrected chi connectivity index (χ1v) is 7.75. The Hall–Kier alpha value is -2.25. The molecule has 25 heavy (non-hydrogen) atoms. The van der Waals surface area contributed by atoms with Gasteiger partial charge in [0.15, 0.2) is 0 Å². The molecule has 0 saturated heterocycles. The van der Waals surface area contributed by atoms with E-state index in [4.69, 9.17) is 0 Å². The second kappa shape index (κ2) is 6.24. The van der Waals surface area contributed by atoms with Gasteiger partial charge >= 0.3 is 6.36 Å². The molecule has 1 amide bonds. The number of anilines is 1. The second-order valence-electron chi connectivity index (χ2n) is 6.99. The predicted octanol–water partition coefficient (Wildman–Crippen LogP) is 2.72. The minimum Gasteiger partial charge on any atom is -0.550 e. The van der Waals surface area contributed by atoms with Crippen LogP contribution in [0.25, 0.3) is 0 Å². The summed E-state index contributed by atoms with van der Waals surface area (Å²) in [5.41, 5.74) is -1.65. The van der Waals surface area contributed by atoms with Crippen LogP contribution in [0.5, 0.6) is 5.75 Å². The number of nitrogens with one attached hydrogen (secondary N) is 1. The number of halogens is 3. The SMILES string of the molecule is CC1(C)[C@@H](C(=O)Nc2ccc(OC(F)(F)F)cc2)CC[C@@]1(C)C(=O)[O-]. The molecule has 1 fully saturated rings. The van der Waals surface area contributed by atoms with Crippen LogP contribution in [0.3, 0.4) is 0 Å². The van der Waals surface area contributed by atoms with E-state index < -0.39 is 34.8 Å². The lowest BCUT2D eigenvalue weighted by Crippen LogP contribution is -2.49. The molecule has 0 aromatic heterocycles. The molecule has 0 heterocycles. The van der Waals surface area contributed by atoms with Gasteiger partial charge in [0.1, 0.15) is 5.75 Å². The highest BCUT2D eigenvalue weighted by atomic mass is 19.4. The van der Waals surface area contributed by atoms with Crippen LogP contribution in [0, 0.1) is 16.7 Å². The largest absolute Gasteiger partial charge is 0.573 e. The highest BCUT2D eigenvalue weighted by Gasteiger charge is 2.54. The molecule has 1 N–H and O–H groups in total.